The minimum absolute atomic E-state index is 0.600. The normalized spacial score (nSPS) is 22.3. The van der Waals surface area contributed by atoms with Crippen LogP contribution in [0.4, 0.5) is 13.2 Å². The second kappa shape index (κ2) is 9.90. The van der Waals surface area contributed by atoms with Gasteiger partial charge in [-0.15, -0.1) is 0 Å². The van der Waals surface area contributed by atoms with Gasteiger partial charge in [0.2, 0.25) is 0 Å². The molecule has 0 radical (unpaired) electrons. The molecule has 1 aliphatic carbocycles. The number of nitrogens with zero attached hydrogens (tertiary/aromatic N) is 1. The average Bonchev–Trinajstić information content (AvgIpc) is 2.47. The maximum Gasteiger partial charge on any atom is 0.401 e. The molecule has 0 atom stereocenters. The summed E-state index contributed by atoms with van der Waals surface area (Å²) in [5.74, 6) is 3.20. The Morgan fingerprint density at radius 2 is 1.22 bits per heavy atom. The zero-order chi connectivity index (χ0) is 17.5. The van der Waals surface area contributed by atoms with Crippen molar-refractivity contribution in [2.75, 3.05) is 19.6 Å². The van der Waals surface area contributed by atoms with Crippen LogP contribution < -0.4 is 0 Å². The van der Waals surface area contributed by atoms with Crippen LogP contribution in [0.5, 0.6) is 0 Å². The molecule has 2 fully saturated rings. The van der Waals surface area contributed by atoms with Crippen LogP contribution in [0, 0.1) is 23.7 Å². The smallest absolute Gasteiger partial charge is 0.295 e. The van der Waals surface area contributed by atoms with Crippen molar-refractivity contribution < 1.29 is 13.2 Å². The summed E-state index contributed by atoms with van der Waals surface area (Å²) < 4.78 is 36.2. The predicted octanol–water partition coefficient (Wildman–Crippen LogP) is 6.14. The van der Waals surface area contributed by atoms with Crippen molar-refractivity contribution in [2.24, 2.45) is 23.7 Å². The first-order valence-corrected chi connectivity index (χ1v) is 9.48. The average molecular weight is 335 g/mol. The Balaban J connectivity index is 0.000000253. The topological polar surface area (TPSA) is 3.24 Å². The van der Waals surface area contributed by atoms with Gasteiger partial charge in [-0.05, 0) is 49.6 Å². The van der Waals surface area contributed by atoms with Crippen LogP contribution in [0.2, 0.25) is 0 Å². The third kappa shape index (κ3) is 8.97. The fraction of sp³-hybridized carbons (Fsp3) is 1.00. The van der Waals surface area contributed by atoms with E-state index in [9.17, 15) is 13.2 Å². The number of halogens is 3. The van der Waals surface area contributed by atoms with E-state index < -0.39 is 12.7 Å². The van der Waals surface area contributed by atoms with E-state index in [1.807, 2.05) is 0 Å². The van der Waals surface area contributed by atoms with Crippen molar-refractivity contribution in [3.05, 3.63) is 0 Å². The van der Waals surface area contributed by atoms with Gasteiger partial charge in [0.05, 0.1) is 6.54 Å². The zero-order valence-electron chi connectivity index (χ0n) is 15.5. The Labute approximate surface area is 141 Å². The van der Waals surface area contributed by atoms with Crippen LogP contribution >= 0.6 is 0 Å². The molecule has 1 aliphatic heterocycles. The maximum atomic E-state index is 12.1. The molecule has 0 spiro atoms. The Bertz CT molecular complexity index is 298. The van der Waals surface area contributed by atoms with Gasteiger partial charge in [0, 0.05) is 0 Å². The molecule has 0 N–H and O–H groups in total. The van der Waals surface area contributed by atoms with E-state index >= 15 is 0 Å². The number of likely N-dealkylation sites (tertiary alicyclic amines) is 1. The molecule has 0 amide bonds. The van der Waals surface area contributed by atoms with E-state index in [0.717, 1.165) is 24.7 Å². The van der Waals surface area contributed by atoms with Gasteiger partial charge in [-0.2, -0.15) is 13.2 Å². The molecule has 1 saturated carbocycles. The van der Waals surface area contributed by atoms with Crippen LogP contribution in [0.1, 0.15) is 72.6 Å². The molecule has 23 heavy (non-hydrogen) atoms. The molecular formula is C19H36F3N. The van der Waals surface area contributed by atoms with Gasteiger partial charge in [0.15, 0.2) is 0 Å². The second-order valence-corrected chi connectivity index (χ2v) is 8.11. The van der Waals surface area contributed by atoms with Gasteiger partial charge in [-0.25, -0.2) is 0 Å². The predicted molar refractivity (Wildman–Crippen MR) is 91.5 cm³/mol. The molecule has 2 rings (SSSR count). The van der Waals surface area contributed by atoms with Crippen molar-refractivity contribution in [1.82, 2.24) is 4.90 Å². The first-order chi connectivity index (χ1) is 10.7. The summed E-state index contributed by atoms with van der Waals surface area (Å²) in [4.78, 5) is 1.51. The molecule has 138 valence electrons. The van der Waals surface area contributed by atoms with Crippen LogP contribution in [0.25, 0.3) is 0 Å². The summed E-state index contributed by atoms with van der Waals surface area (Å²) in [6.07, 6.45) is 5.25. The largest absolute Gasteiger partial charge is 0.401 e. The monoisotopic (exact) mass is 335 g/mol. The highest BCUT2D eigenvalue weighted by molar-refractivity contribution is 4.75. The van der Waals surface area contributed by atoms with Gasteiger partial charge >= 0.3 is 6.18 Å². The van der Waals surface area contributed by atoms with Crippen LogP contribution in [-0.4, -0.2) is 30.7 Å². The first-order valence-electron chi connectivity index (χ1n) is 9.48. The summed E-state index contributed by atoms with van der Waals surface area (Å²) >= 11 is 0. The summed E-state index contributed by atoms with van der Waals surface area (Å²) in [7, 11) is 0. The van der Waals surface area contributed by atoms with Gasteiger partial charge in [0.1, 0.15) is 0 Å². The van der Waals surface area contributed by atoms with Crippen molar-refractivity contribution in [3.8, 4) is 0 Å². The highest BCUT2D eigenvalue weighted by atomic mass is 19.4. The molecule has 0 aromatic heterocycles. The lowest BCUT2D eigenvalue weighted by Gasteiger charge is -2.34. The molecule has 0 unspecified atom stereocenters. The van der Waals surface area contributed by atoms with Gasteiger partial charge in [-0.1, -0.05) is 59.8 Å². The summed E-state index contributed by atoms with van der Waals surface area (Å²) in [6, 6.07) is 0. The van der Waals surface area contributed by atoms with E-state index in [0.29, 0.717) is 24.9 Å². The molecule has 4 heteroatoms. The lowest BCUT2D eigenvalue weighted by molar-refractivity contribution is -0.149. The maximum absolute atomic E-state index is 12.1. The Hall–Kier alpha value is -0.250. The molecule has 0 aromatic rings. The van der Waals surface area contributed by atoms with Crippen molar-refractivity contribution >= 4 is 0 Å². The van der Waals surface area contributed by atoms with Gasteiger partial charge in [-0.3, -0.25) is 4.90 Å². The van der Waals surface area contributed by atoms with Crippen LogP contribution in [0.15, 0.2) is 0 Å². The fourth-order valence-corrected chi connectivity index (χ4v) is 3.83. The number of hydrogen-bond acceptors (Lipinski definition) is 1. The number of rotatable bonds is 3. The minimum atomic E-state index is -4.04. The minimum Gasteiger partial charge on any atom is -0.295 e. The van der Waals surface area contributed by atoms with E-state index in [1.54, 1.807) is 0 Å². The number of alkyl halides is 3. The molecular weight excluding hydrogens is 299 g/mol. The lowest BCUT2D eigenvalue weighted by Crippen LogP contribution is -2.40. The Morgan fingerprint density at radius 3 is 1.57 bits per heavy atom. The first kappa shape index (κ1) is 20.8. The molecule has 1 heterocycles. The quantitative estimate of drug-likeness (QED) is 0.599. The second-order valence-electron chi connectivity index (χ2n) is 8.11. The zero-order valence-corrected chi connectivity index (χ0v) is 15.5. The summed E-state index contributed by atoms with van der Waals surface area (Å²) in [6.45, 7) is 9.46. The van der Waals surface area contributed by atoms with E-state index in [4.69, 9.17) is 0 Å². The molecule has 0 aromatic carbocycles. The third-order valence-corrected chi connectivity index (χ3v) is 5.57. The van der Waals surface area contributed by atoms with E-state index in [1.165, 1.54) is 37.0 Å². The summed E-state index contributed by atoms with van der Waals surface area (Å²) in [5.41, 5.74) is 0. The molecule has 1 saturated heterocycles. The van der Waals surface area contributed by atoms with Gasteiger partial charge in [0.25, 0.3) is 0 Å². The van der Waals surface area contributed by atoms with Gasteiger partial charge < -0.3 is 0 Å². The highest BCUT2D eigenvalue weighted by Crippen LogP contribution is 2.29. The van der Waals surface area contributed by atoms with Crippen LogP contribution in [-0.2, 0) is 0 Å². The number of piperidine rings is 1. The van der Waals surface area contributed by atoms with E-state index in [-0.39, 0.29) is 0 Å². The lowest BCUT2D eigenvalue weighted by atomic mass is 9.82. The van der Waals surface area contributed by atoms with Crippen molar-refractivity contribution in [3.63, 3.8) is 0 Å². The summed E-state index contributed by atoms with van der Waals surface area (Å²) in [5, 5.41) is 0. The fourth-order valence-electron chi connectivity index (χ4n) is 3.83. The molecule has 0 bridgehead atoms. The Kier molecular flexibility index (Phi) is 8.95. The number of hydrogen-bond donors (Lipinski definition) is 0. The van der Waals surface area contributed by atoms with E-state index in [2.05, 4.69) is 27.7 Å². The molecule has 1 nitrogen and oxygen atoms in total. The highest BCUT2D eigenvalue weighted by Gasteiger charge is 2.32. The third-order valence-electron chi connectivity index (χ3n) is 5.57. The standard InChI is InChI=1S/C10H18F3N.C9H18/c1-8(2)9-3-5-14(6-4-9)7-10(11,12)13;1-8(2)9-6-4-3-5-7-9/h8-9H,3-7H2,1-2H3;8-9H,3-7H2,1-2H3. The van der Waals surface area contributed by atoms with Crippen molar-refractivity contribution in [1.29, 1.82) is 0 Å². The Morgan fingerprint density at radius 1 is 0.783 bits per heavy atom. The van der Waals surface area contributed by atoms with Crippen LogP contribution in [0.3, 0.4) is 0 Å². The molecule has 2 aliphatic rings. The SMILES string of the molecule is CC(C)C1CCCCC1.CC(C)C1CCN(CC(F)(F)F)CC1. The van der Waals surface area contributed by atoms with Crippen molar-refractivity contribution in [2.45, 2.75) is 78.8 Å².